The van der Waals surface area contributed by atoms with Gasteiger partial charge in [0, 0.05) is 24.3 Å². The number of aliphatic hydroxyl groups is 1. The van der Waals surface area contributed by atoms with Gasteiger partial charge in [0.2, 0.25) is 0 Å². The summed E-state index contributed by atoms with van der Waals surface area (Å²) in [4.78, 5) is 24.6. The molecule has 0 aliphatic heterocycles. The molecule has 3 N–H and O–H groups in total. The Bertz CT molecular complexity index is 687. The predicted octanol–water partition coefficient (Wildman–Crippen LogP) is 1.01. The molecule has 5 nitrogen and oxygen atoms in total. The van der Waals surface area contributed by atoms with E-state index in [0.717, 1.165) is 16.0 Å². The van der Waals surface area contributed by atoms with Crippen molar-refractivity contribution in [2.24, 2.45) is 0 Å². The average Bonchev–Trinajstić information content (AvgIpc) is 3.16. The first kappa shape index (κ1) is 15.7. The first-order valence-corrected chi connectivity index (χ1v) is 8.31. The van der Waals surface area contributed by atoms with E-state index in [-0.39, 0.29) is 6.54 Å². The van der Waals surface area contributed by atoms with Crippen LogP contribution in [0.3, 0.4) is 0 Å². The summed E-state index contributed by atoms with van der Waals surface area (Å²) in [5, 5.41) is 17.6. The number of fused-ring (bicyclic) bond motifs is 1. The lowest BCUT2D eigenvalue weighted by Crippen LogP contribution is -2.48. The van der Waals surface area contributed by atoms with Gasteiger partial charge in [0.05, 0.1) is 12.1 Å². The second-order valence-corrected chi connectivity index (χ2v) is 6.82. The molecular formula is C17H18N2O3S. The average molecular weight is 330 g/mol. The zero-order valence-electron chi connectivity index (χ0n) is 12.5. The second-order valence-electron chi connectivity index (χ2n) is 5.79. The van der Waals surface area contributed by atoms with Gasteiger partial charge < -0.3 is 15.7 Å². The molecular weight excluding hydrogens is 312 g/mol. The SMILES string of the molecule is O=C(NCc1cccs1)C(=O)NCC1(O)Cc2ccccc2C1. The zero-order valence-corrected chi connectivity index (χ0v) is 13.4. The molecule has 0 fully saturated rings. The minimum Gasteiger partial charge on any atom is -0.387 e. The van der Waals surface area contributed by atoms with Crippen LogP contribution in [0.5, 0.6) is 0 Å². The summed E-state index contributed by atoms with van der Waals surface area (Å²) < 4.78 is 0. The maximum Gasteiger partial charge on any atom is 0.309 e. The van der Waals surface area contributed by atoms with Crippen LogP contribution in [0.25, 0.3) is 0 Å². The van der Waals surface area contributed by atoms with Gasteiger partial charge in [-0.05, 0) is 22.6 Å². The molecule has 1 aliphatic carbocycles. The molecule has 0 saturated carbocycles. The van der Waals surface area contributed by atoms with Gasteiger partial charge in [0.1, 0.15) is 0 Å². The number of thiophene rings is 1. The summed E-state index contributed by atoms with van der Waals surface area (Å²) in [5.41, 5.74) is 1.16. The first-order chi connectivity index (χ1) is 11.1. The molecule has 1 aromatic heterocycles. The fourth-order valence-electron chi connectivity index (χ4n) is 2.78. The lowest BCUT2D eigenvalue weighted by Gasteiger charge is -2.22. The molecule has 0 atom stereocenters. The topological polar surface area (TPSA) is 78.4 Å². The highest BCUT2D eigenvalue weighted by molar-refractivity contribution is 7.09. The molecule has 3 rings (SSSR count). The molecule has 23 heavy (non-hydrogen) atoms. The molecule has 1 aromatic carbocycles. The Morgan fingerprint density at radius 2 is 1.70 bits per heavy atom. The first-order valence-electron chi connectivity index (χ1n) is 7.43. The Balaban J connectivity index is 1.48. The summed E-state index contributed by atoms with van der Waals surface area (Å²) in [6, 6.07) is 11.6. The van der Waals surface area contributed by atoms with Crippen LogP contribution in [0.2, 0.25) is 0 Å². The van der Waals surface area contributed by atoms with Crippen LogP contribution in [0, 0.1) is 0 Å². The molecule has 0 unspecified atom stereocenters. The summed E-state index contributed by atoms with van der Waals surface area (Å²) in [6.07, 6.45) is 0.973. The van der Waals surface area contributed by atoms with Gasteiger partial charge >= 0.3 is 11.8 Å². The molecule has 0 spiro atoms. The van der Waals surface area contributed by atoms with E-state index in [1.807, 2.05) is 41.8 Å². The van der Waals surface area contributed by atoms with Crippen molar-refractivity contribution in [1.82, 2.24) is 10.6 Å². The van der Waals surface area contributed by atoms with Crippen LogP contribution in [-0.4, -0.2) is 29.1 Å². The van der Waals surface area contributed by atoms with Gasteiger partial charge in [0.15, 0.2) is 0 Å². The van der Waals surface area contributed by atoms with Crippen LogP contribution in [0.15, 0.2) is 41.8 Å². The van der Waals surface area contributed by atoms with E-state index >= 15 is 0 Å². The van der Waals surface area contributed by atoms with Crippen molar-refractivity contribution in [3.05, 3.63) is 57.8 Å². The molecule has 1 heterocycles. The van der Waals surface area contributed by atoms with Gasteiger partial charge in [-0.1, -0.05) is 30.3 Å². The quantitative estimate of drug-likeness (QED) is 0.732. The molecule has 2 aromatic rings. The van der Waals surface area contributed by atoms with Gasteiger partial charge in [-0.3, -0.25) is 9.59 Å². The van der Waals surface area contributed by atoms with E-state index in [1.165, 1.54) is 11.3 Å². The zero-order chi connectivity index (χ0) is 16.3. The van der Waals surface area contributed by atoms with Crippen LogP contribution in [0.1, 0.15) is 16.0 Å². The minimum absolute atomic E-state index is 0.0624. The third-order valence-electron chi connectivity index (χ3n) is 3.94. The van der Waals surface area contributed by atoms with Crippen LogP contribution < -0.4 is 10.6 Å². The molecule has 0 saturated heterocycles. The number of carbonyl (C=O) groups excluding carboxylic acids is 2. The lowest BCUT2D eigenvalue weighted by atomic mass is 10.0. The van der Waals surface area contributed by atoms with Crippen molar-refractivity contribution in [3.63, 3.8) is 0 Å². The number of amides is 2. The largest absolute Gasteiger partial charge is 0.387 e. The highest BCUT2D eigenvalue weighted by Gasteiger charge is 2.35. The summed E-state index contributed by atoms with van der Waals surface area (Å²) in [5.74, 6) is -1.40. The number of benzene rings is 1. The predicted molar refractivity (Wildman–Crippen MR) is 88.0 cm³/mol. The Morgan fingerprint density at radius 3 is 2.30 bits per heavy atom. The minimum atomic E-state index is -1.02. The molecule has 0 bridgehead atoms. The van der Waals surface area contributed by atoms with E-state index in [2.05, 4.69) is 10.6 Å². The van der Waals surface area contributed by atoms with Gasteiger partial charge in [-0.25, -0.2) is 0 Å². The molecule has 6 heteroatoms. The second kappa shape index (κ2) is 6.52. The molecule has 0 radical (unpaired) electrons. The monoisotopic (exact) mass is 330 g/mol. The number of hydrogen-bond donors (Lipinski definition) is 3. The number of hydrogen-bond acceptors (Lipinski definition) is 4. The van der Waals surface area contributed by atoms with Crippen molar-refractivity contribution in [2.45, 2.75) is 25.0 Å². The fourth-order valence-corrected chi connectivity index (χ4v) is 3.43. The van der Waals surface area contributed by atoms with E-state index < -0.39 is 17.4 Å². The van der Waals surface area contributed by atoms with Crippen LogP contribution in [-0.2, 0) is 29.0 Å². The highest BCUT2D eigenvalue weighted by atomic mass is 32.1. The third-order valence-corrected chi connectivity index (χ3v) is 4.82. The van der Waals surface area contributed by atoms with E-state index in [4.69, 9.17) is 0 Å². The van der Waals surface area contributed by atoms with Crippen molar-refractivity contribution >= 4 is 23.2 Å². The van der Waals surface area contributed by atoms with Crippen LogP contribution in [0.4, 0.5) is 0 Å². The maximum atomic E-state index is 11.8. The summed E-state index contributed by atoms with van der Waals surface area (Å²) >= 11 is 1.52. The van der Waals surface area contributed by atoms with Gasteiger partial charge in [-0.15, -0.1) is 11.3 Å². The van der Waals surface area contributed by atoms with Crippen LogP contribution >= 0.6 is 11.3 Å². The summed E-state index contributed by atoms with van der Waals surface area (Å²) in [7, 11) is 0. The number of rotatable bonds is 4. The standard InChI is InChI=1S/C17H18N2O3S/c20-15(18-10-14-6-3-7-23-14)16(21)19-11-17(22)8-12-4-1-2-5-13(12)9-17/h1-7,22H,8-11H2,(H,18,20)(H,19,21). The Morgan fingerprint density at radius 1 is 1.04 bits per heavy atom. The van der Waals surface area contributed by atoms with Crippen molar-refractivity contribution in [1.29, 1.82) is 0 Å². The third kappa shape index (κ3) is 3.78. The van der Waals surface area contributed by atoms with Crippen molar-refractivity contribution in [3.8, 4) is 0 Å². The summed E-state index contributed by atoms with van der Waals surface area (Å²) in [6.45, 7) is 0.395. The van der Waals surface area contributed by atoms with Gasteiger partial charge in [-0.2, -0.15) is 0 Å². The molecule has 2 amide bonds. The molecule has 1 aliphatic rings. The molecule has 120 valence electrons. The van der Waals surface area contributed by atoms with E-state index in [0.29, 0.717) is 19.4 Å². The number of carbonyl (C=O) groups is 2. The normalized spacial score (nSPS) is 15.0. The number of nitrogens with one attached hydrogen (secondary N) is 2. The Kier molecular flexibility index (Phi) is 4.45. The van der Waals surface area contributed by atoms with Crippen molar-refractivity contribution in [2.75, 3.05) is 6.54 Å². The van der Waals surface area contributed by atoms with Gasteiger partial charge in [0.25, 0.3) is 0 Å². The Hall–Kier alpha value is -2.18. The highest BCUT2D eigenvalue weighted by Crippen LogP contribution is 2.29. The van der Waals surface area contributed by atoms with E-state index in [9.17, 15) is 14.7 Å². The van der Waals surface area contributed by atoms with E-state index in [1.54, 1.807) is 0 Å². The fraction of sp³-hybridized carbons (Fsp3) is 0.294. The maximum absolute atomic E-state index is 11.8. The lowest BCUT2D eigenvalue weighted by molar-refractivity contribution is -0.139. The smallest absolute Gasteiger partial charge is 0.309 e. The Labute approximate surface area is 138 Å². The van der Waals surface area contributed by atoms with Crippen molar-refractivity contribution < 1.29 is 14.7 Å².